The lowest BCUT2D eigenvalue weighted by Crippen LogP contribution is -2.05. The molecule has 15 heavy (non-hydrogen) atoms. The molecule has 0 aliphatic carbocycles. The molecule has 0 saturated heterocycles. The van der Waals surface area contributed by atoms with Crippen LogP contribution in [0.15, 0.2) is 30.3 Å². The van der Waals surface area contributed by atoms with Crippen LogP contribution in [0, 0.1) is 13.8 Å². The summed E-state index contributed by atoms with van der Waals surface area (Å²) in [4.78, 5) is 0. The smallest absolute Gasteiger partial charge is 0.0208 e. The Kier molecular flexibility index (Phi) is 2.74. The molecule has 0 amide bonds. The van der Waals surface area contributed by atoms with Gasteiger partial charge in [-0.1, -0.05) is 30.3 Å². The lowest BCUT2D eigenvalue weighted by Gasteiger charge is -2.10. The highest BCUT2D eigenvalue weighted by molar-refractivity contribution is 5.91. The number of benzene rings is 2. The molecule has 0 bridgehead atoms. The van der Waals surface area contributed by atoms with Gasteiger partial charge in [0, 0.05) is 6.54 Å². The molecule has 0 saturated carbocycles. The van der Waals surface area contributed by atoms with Crippen molar-refractivity contribution in [1.82, 2.24) is 5.32 Å². The molecule has 1 nitrogen and oxygen atoms in total. The van der Waals surface area contributed by atoms with Crippen LogP contribution in [0.25, 0.3) is 10.8 Å². The van der Waals surface area contributed by atoms with Crippen LogP contribution in [0.3, 0.4) is 0 Å². The van der Waals surface area contributed by atoms with Crippen LogP contribution in [0.4, 0.5) is 0 Å². The molecule has 0 aromatic heterocycles. The van der Waals surface area contributed by atoms with Crippen LogP contribution in [0.5, 0.6) is 0 Å². The summed E-state index contributed by atoms with van der Waals surface area (Å²) >= 11 is 0. The summed E-state index contributed by atoms with van der Waals surface area (Å²) in [5.74, 6) is 0. The largest absolute Gasteiger partial charge is 0.316 e. The zero-order valence-corrected chi connectivity index (χ0v) is 9.59. The van der Waals surface area contributed by atoms with Crippen LogP contribution >= 0.6 is 0 Å². The van der Waals surface area contributed by atoms with Gasteiger partial charge in [-0.2, -0.15) is 0 Å². The second-order valence-corrected chi connectivity index (χ2v) is 4.07. The van der Waals surface area contributed by atoms with Crippen LogP contribution in [0.2, 0.25) is 0 Å². The van der Waals surface area contributed by atoms with E-state index in [0.717, 1.165) is 6.54 Å². The topological polar surface area (TPSA) is 12.0 Å². The zero-order valence-electron chi connectivity index (χ0n) is 9.59. The second kappa shape index (κ2) is 4.03. The van der Waals surface area contributed by atoms with E-state index < -0.39 is 0 Å². The Morgan fingerprint density at radius 1 is 1.00 bits per heavy atom. The first-order chi connectivity index (χ1) is 7.24. The predicted molar refractivity (Wildman–Crippen MR) is 66.2 cm³/mol. The van der Waals surface area contributed by atoms with Crippen molar-refractivity contribution in [2.45, 2.75) is 20.4 Å². The molecule has 0 unspecified atom stereocenters. The van der Waals surface area contributed by atoms with Crippen molar-refractivity contribution in [2.24, 2.45) is 0 Å². The molecule has 1 heteroatoms. The minimum atomic E-state index is 0.931. The third-order valence-electron chi connectivity index (χ3n) is 2.91. The summed E-state index contributed by atoms with van der Waals surface area (Å²) in [6, 6.07) is 11.0. The van der Waals surface area contributed by atoms with Gasteiger partial charge in [0.05, 0.1) is 0 Å². The normalized spacial score (nSPS) is 10.9. The van der Waals surface area contributed by atoms with E-state index in [0.29, 0.717) is 0 Å². The third-order valence-corrected chi connectivity index (χ3v) is 2.91. The van der Waals surface area contributed by atoms with Crippen molar-refractivity contribution < 1.29 is 0 Å². The Morgan fingerprint density at radius 2 is 1.73 bits per heavy atom. The first kappa shape index (κ1) is 10.2. The van der Waals surface area contributed by atoms with E-state index in [4.69, 9.17) is 0 Å². The minimum Gasteiger partial charge on any atom is -0.316 e. The van der Waals surface area contributed by atoms with Gasteiger partial charge < -0.3 is 5.32 Å². The molecule has 0 aliphatic heterocycles. The van der Waals surface area contributed by atoms with Gasteiger partial charge >= 0.3 is 0 Å². The Morgan fingerprint density at radius 3 is 2.47 bits per heavy atom. The van der Waals surface area contributed by atoms with E-state index in [1.807, 2.05) is 7.05 Å². The summed E-state index contributed by atoms with van der Waals surface area (Å²) < 4.78 is 0. The number of aryl methyl sites for hydroxylation is 2. The van der Waals surface area contributed by atoms with E-state index in [2.05, 4.69) is 49.5 Å². The minimum absolute atomic E-state index is 0.931. The van der Waals surface area contributed by atoms with Gasteiger partial charge in [0.2, 0.25) is 0 Å². The van der Waals surface area contributed by atoms with Crippen LogP contribution in [0.1, 0.15) is 16.7 Å². The number of nitrogens with one attached hydrogen (secondary N) is 1. The number of fused-ring (bicyclic) bond motifs is 1. The fourth-order valence-corrected chi connectivity index (χ4v) is 2.20. The van der Waals surface area contributed by atoms with Crippen molar-refractivity contribution in [2.75, 3.05) is 7.05 Å². The van der Waals surface area contributed by atoms with Gasteiger partial charge in [0.1, 0.15) is 0 Å². The molecule has 2 aromatic carbocycles. The van der Waals surface area contributed by atoms with Crippen molar-refractivity contribution in [3.05, 3.63) is 47.0 Å². The molecule has 0 spiro atoms. The monoisotopic (exact) mass is 199 g/mol. The van der Waals surface area contributed by atoms with Crippen molar-refractivity contribution in [1.29, 1.82) is 0 Å². The second-order valence-electron chi connectivity index (χ2n) is 4.07. The first-order valence-electron chi connectivity index (χ1n) is 5.36. The zero-order chi connectivity index (χ0) is 10.8. The highest BCUT2D eigenvalue weighted by atomic mass is 14.8. The number of hydrogen-bond donors (Lipinski definition) is 1. The van der Waals surface area contributed by atoms with Crippen LogP contribution in [-0.4, -0.2) is 7.05 Å². The quantitative estimate of drug-likeness (QED) is 0.783. The molecular weight excluding hydrogens is 182 g/mol. The molecule has 0 fully saturated rings. The number of hydrogen-bond acceptors (Lipinski definition) is 1. The van der Waals surface area contributed by atoms with Crippen molar-refractivity contribution in [3.8, 4) is 0 Å². The maximum absolute atomic E-state index is 3.22. The Hall–Kier alpha value is -1.34. The first-order valence-corrected chi connectivity index (χ1v) is 5.36. The summed E-state index contributed by atoms with van der Waals surface area (Å²) in [5.41, 5.74) is 4.10. The highest BCUT2D eigenvalue weighted by Crippen LogP contribution is 2.25. The van der Waals surface area contributed by atoms with Gasteiger partial charge in [-0.05, 0) is 48.4 Å². The molecule has 1 N–H and O–H groups in total. The molecule has 0 radical (unpaired) electrons. The van der Waals surface area contributed by atoms with Crippen molar-refractivity contribution >= 4 is 10.8 Å². The maximum Gasteiger partial charge on any atom is 0.0208 e. The average molecular weight is 199 g/mol. The van der Waals surface area contributed by atoms with E-state index >= 15 is 0 Å². The molecule has 0 aliphatic rings. The highest BCUT2D eigenvalue weighted by Gasteiger charge is 2.04. The molecule has 2 aromatic rings. The fraction of sp³-hybridized carbons (Fsp3) is 0.286. The molecule has 78 valence electrons. The summed E-state index contributed by atoms with van der Waals surface area (Å²) in [6.45, 7) is 5.29. The third kappa shape index (κ3) is 1.75. The Balaban J connectivity index is 2.76. The standard InChI is InChI=1S/C14H17N/c1-10-5-4-6-13-12(9-15-3)8-7-11(2)14(10)13/h4-8,15H,9H2,1-3H3. The van der Waals surface area contributed by atoms with E-state index in [9.17, 15) is 0 Å². The molecular formula is C14H17N. The van der Waals surface area contributed by atoms with Gasteiger partial charge in [-0.3, -0.25) is 0 Å². The molecule has 0 heterocycles. The predicted octanol–water partition coefficient (Wildman–Crippen LogP) is 3.18. The van der Waals surface area contributed by atoms with Gasteiger partial charge in [-0.15, -0.1) is 0 Å². The number of rotatable bonds is 2. The Bertz CT molecular complexity index is 478. The van der Waals surface area contributed by atoms with Crippen LogP contribution in [-0.2, 0) is 6.54 Å². The summed E-state index contributed by atoms with van der Waals surface area (Å²) in [7, 11) is 1.99. The van der Waals surface area contributed by atoms with Gasteiger partial charge in [-0.25, -0.2) is 0 Å². The molecule has 0 atom stereocenters. The van der Waals surface area contributed by atoms with E-state index in [-0.39, 0.29) is 0 Å². The lowest BCUT2D eigenvalue weighted by atomic mass is 9.97. The van der Waals surface area contributed by atoms with Crippen molar-refractivity contribution in [3.63, 3.8) is 0 Å². The Labute approximate surface area is 91.1 Å². The average Bonchev–Trinajstić information content (AvgIpc) is 2.22. The maximum atomic E-state index is 3.22. The van der Waals surface area contributed by atoms with Gasteiger partial charge in [0.25, 0.3) is 0 Å². The van der Waals surface area contributed by atoms with Crippen LogP contribution < -0.4 is 5.32 Å². The lowest BCUT2D eigenvalue weighted by molar-refractivity contribution is 0.823. The SMILES string of the molecule is CNCc1ccc(C)c2c(C)cccc12. The summed E-state index contributed by atoms with van der Waals surface area (Å²) in [6.07, 6.45) is 0. The summed E-state index contributed by atoms with van der Waals surface area (Å²) in [5, 5.41) is 6.00. The van der Waals surface area contributed by atoms with Gasteiger partial charge in [0.15, 0.2) is 0 Å². The molecule has 2 rings (SSSR count). The van der Waals surface area contributed by atoms with E-state index in [1.165, 1.54) is 27.5 Å². The van der Waals surface area contributed by atoms with E-state index in [1.54, 1.807) is 0 Å². The fourth-order valence-electron chi connectivity index (χ4n) is 2.20.